The van der Waals surface area contributed by atoms with Gasteiger partial charge in [-0.1, -0.05) is 6.07 Å². The van der Waals surface area contributed by atoms with Crippen LogP contribution in [0.2, 0.25) is 0 Å². The minimum atomic E-state index is 0.0827. The summed E-state index contributed by atoms with van der Waals surface area (Å²) >= 11 is 0. The minimum Gasteiger partial charge on any atom is -0.508 e. The third-order valence-corrected chi connectivity index (χ3v) is 1.00. The van der Waals surface area contributed by atoms with Gasteiger partial charge in [0.2, 0.25) is 0 Å². The van der Waals surface area contributed by atoms with E-state index < -0.39 is 0 Å². The molecule has 0 aliphatic carbocycles. The number of hydrogen-bond acceptors (Lipinski definition) is 4. The first-order valence-corrected chi connectivity index (χ1v) is 3.01. The lowest BCUT2D eigenvalue weighted by molar-refractivity contribution is -0.120. The summed E-state index contributed by atoms with van der Waals surface area (Å²) in [6.45, 7) is 2.31. The number of phenols is 1. The molecule has 0 spiro atoms. The van der Waals surface area contributed by atoms with Crippen molar-refractivity contribution in [1.29, 1.82) is 0 Å². The molecule has 0 saturated carbocycles. The molecule has 0 unspecified atom stereocenters. The summed E-state index contributed by atoms with van der Waals surface area (Å²) in [5.74, 6) is 0.425. The summed E-state index contributed by atoms with van der Waals surface area (Å²) in [5.41, 5.74) is 0. The van der Waals surface area contributed by atoms with Crippen LogP contribution < -0.4 is 4.74 Å². The Morgan fingerprint density at radius 3 is 2.58 bits per heavy atom. The molecule has 0 heterocycles. The van der Waals surface area contributed by atoms with Gasteiger partial charge in [0.15, 0.2) is 0 Å². The van der Waals surface area contributed by atoms with Gasteiger partial charge in [-0.15, -0.1) is 0 Å². The molecule has 0 atom stereocenters. The zero-order valence-electron chi connectivity index (χ0n) is 6.27. The fraction of sp³-hybridized carbons (Fsp3) is 0. The molecule has 64 valence electrons. The predicted molar refractivity (Wildman–Crippen MR) is 41.9 cm³/mol. The summed E-state index contributed by atoms with van der Waals surface area (Å²) in [5, 5.41) is 8.84. The molecular weight excluding hydrogens is 160 g/mol. The van der Waals surface area contributed by atoms with E-state index in [1.165, 1.54) is 12.1 Å². The number of benzene rings is 1. The Morgan fingerprint density at radius 2 is 2.08 bits per heavy atom. The highest BCUT2D eigenvalue weighted by molar-refractivity contribution is 5.46. The molecule has 1 rings (SSSR count). The topological polar surface area (TPSA) is 63.6 Å². The second-order valence-corrected chi connectivity index (χ2v) is 1.71. The van der Waals surface area contributed by atoms with Gasteiger partial charge < -0.3 is 14.6 Å². The number of aromatic hydroxyl groups is 1. The van der Waals surface area contributed by atoms with Crippen molar-refractivity contribution in [2.45, 2.75) is 0 Å². The number of rotatable bonds is 2. The highest BCUT2D eigenvalue weighted by atomic mass is 16.5. The van der Waals surface area contributed by atoms with Gasteiger partial charge in [-0.3, -0.25) is 4.79 Å². The van der Waals surface area contributed by atoms with Crippen LogP contribution in [-0.4, -0.2) is 18.4 Å². The molecule has 0 radical (unpaired) electrons. The van der Waals surface area contributed by atoms with E-state index in [4.69, 9.17) is 9.90 Å². The Kier molecular flexibility index (Phi) is 5.00. The van der Waals surface area contributed by atoms with E-state index in [9.17, 15) is 4.79 Å². The minimum absolute atomic E-state index is 0.0827. The van der Waals surface area contributed by atoms with Crippen LogP contribution in [0.4, 0.5) is 0 Å². The van der Waals surface area contributed by atoms with Gasteiger partial charge in [0.25, 0.3) is 6.47 Å². The van der Waals surface area contributed by atoms with E-state index in [-0.39, 0.29) is 5.75 Å². The molecule has 1 N–H and O–H groups in total. The smallest absolute Gasteiger partial charge is 0.298 e. The summed E-state index contributed by atoms with van der Waals surface area (Å²) in [6.07, 6.45) is 0. The van der Waals surface area contributed by atoms with Crippen LogP contribution in [0.25, 0.3) is 0 Å². The first-order chi connectivity index (χ1) is 5.83. The third-order valence-electron chi connectivity index (χ3n) is 1.00. The maximum atomic E-state index is 9.78. The predicted octanol–water partition coefficient (Wildman–Crippen LogP) is 0.743. The van der Waals surface area contributed by atoms with Crippen molar-refractivity contribution in [1.82, 2.24) is 0 Å². The van der Waals surface area contributed by atoms with E-state index in [0.717, 1.165) is 0 Å². The van der Waals surface area contributed by atoms with Crippen LogP contribution in [-0.2, 0) is 9.59 Å². The highest BCUT2D eigenvalue weighted by Gasteiger charge is 1.91. The van der Waals surface area contributed by atoms with Crippen molar-refractivity contribution in [2.75, 3.05) is 0 Å². The largest absolute Gasteiger partial charge is 0.508 e. The molecule has 0 amide bonds. The van der Waals surface area contributed by atoms with Crippen LogP contribution in [0.15, 0.2) is 24.3 Å². The van der Waals surface area contributed by atoms with Crippen molar-refractivity contribution < 1.29 is 19.4 Å². The molecule has 4 heteroatoms. The van der Waals surface area contributed by atoms with Gasteiger partial charge in [-0.05, 0) is 12.1 Å². The molecule has 4 nitrogen and oxygen atoms in total. The van der Waals surface area contributed by atoms with Crippen molar-refractivity contribution >= 4 is 13.3 Å². The van der Waals surface area contributed by atoms with Gasteiger partial charge in [-0.25, -0.2) is 0 Å². The molecule has 0 fully saturated rings. The van der Waals surface area contributed by atoms with Crippen LogP contribution in [0, 0.1) is 0 Å². The van der Waals surface area contributed by atoms with Gasteiger partial charge in [0, 0.05) is 6.07 Å². The van der Waals surface area contributed by atoms with E-state index in [1.807, 2.05) is 6.79 Å². The fourth-order valence-corrected chi connectivity index (χ4v) is 0.612. The Morgan fingerprint density at radius 1 is 1.42 bits per heavy atom. The molecular formula is C8H8O4. The maximum Gasteiger partial charge on any atom is 0.298 e. The van der Waals surface area contributed by atoms with Crippen LogP contribution >= 0.6 is 0 Å². The second kappa shape index (κ2) is 5.91. The Labute approximate surface area is 69.4 Å². The first kappa shape index (κ1) is 10.2. The maximum absolute atomic E-state index is 9.78. The zero-order valence-corrected chi connectivity index (χ0v) is 6.27. The number of carbonyl (C=O) groups excluding carboxylic acids is 2. The van der Waals surface area contributed by atoms with Crippen molar-refractivity contribution in [2.24, 2.45) is 0 Å². The molecule has 1 aromatic carbocycles. The number of ether oxygens (including phenoxy) is 1. The lowest BCUT2D eigenvalue weighted by Gasteiger charge is -1.95. The zero-order chi connectivity index (χ0) is 9.40. The quantitative estimate of drug-likeness (QED) is 0.661. The highest BCUT2D eigenvalue weighted by Crippen LogP contribution is 2.16. The van der Waals surface area contributed by atoms with E-state index >= 15 is 0 Å². The van der Waals surface area contributed by atoms with Gasteiger partial charge in [0.05, 0.1) is 0 Å². The molecule has 0 bridgehead atoms. The molecule has 0 saturated heterocycles. The van der Waals surface area contributed by atoms with E-state index in [1.54, 1.807) is 12.1 Å². The normalized spacial score (nSPS) is 7.67. The molecule has 12 heavy (non-hydrogen) atoms. The average Bonchev–Trinajstić information content (AvgIpc) is 2.09. The Bertz CT molecular complexity index is 247. The number of phenolic OH excluding ortho intramolecular Hbond substituents is 1. The van der Waals surface area contributed by atoms with Crippen molar-refractivity contribution in [3.05, 3.63) is 24.3 Å². The second-order valence-electron chi connectivity index (χ2n) is 1.71. The average molecular weight is 168 g/mol. The van der Waals surface area contributed by atoms with E-state index in [2.05, 4.69) is 4.74 Å². The van der Waals surface area contributed by atoms with Gasteiger partial charge in [0.1, 0.15) is 18.3 Å². The molecule has 0 aromatic heterocycles. The molecule has 0 aliphatic rings. The number of hydrogen-bond donors (Lipinski definition) is 1. The lowest BCUT2D eigenvalue weighted by Crippen LogP contribution is -1.86. The summed E-state index contributed by atoms with van der Waals surface area (Å²) in [7, 11) is 0. The van der Waals surface area contributed by atoms with Gasteiger partial charge >= 0.3 is 0 Å². The first-order valence-electron chi connectivity index (χ1n) is 3.01. The fourth-order valence-electron chi connectivity index (χ4n) is 0.612. The Balaban J connectivity index is 0.000000561. The summed E-state index contributed by atoms with van der Waals surface area (Å²) in [4.78, 5) is 17.8. The SMILES string of the molecule is C=O.O=COc1cccc(O)c1. The summed E-state index contributed by atoms with van der Waals surface area (Å²) < 4.78 is 4.45. The van der Waals surface area contributed by atoms with E-state index in [0.29, 0.717) is 12.2 Å². The summed E-state index contributed by atoms with van der Waals surface area (Å²) in [6, 6.07) is 6.02. The third kappa shape index (κ3) is 3.36. The number of carbonyl (C=O) groups is 2. The van der Waals surface area contributed by atoms with Gasteiger partial charge in [-0.2, -0.15) is 0 Å². The van der Waals surface area contributed by atoms with Crippen LogP contribution in [0.5, 0.6) is 11.5 Å². The van der Waals surface area contributed by atoms with Crippen molar-refractivity contribution in [3.8, 4) is 11.5 Å². The molecule has 1 aromatic rings. The Hall–Kier alpha value is -1.84. The molecule has 0 aliphatic heterocycles. The van der Waals surface area contributed by atoms with Crippen molar-refractivity contribution in [3.63, 3.8) is 0 Å². The van der Waals surface area contributed by atoms with Crippen LogP contribution in [0.3, 0.4) is 0 Å². The lowest BCUT2D eigenvalue weighted by atomic mass is 10.3. The standard InChI is InChI=1S/C7H6O3.CH2O/c8-5-10-7-3-1-2-6(9)4-7;1-2/h1-5,9H;1H2. The monoisotopic (exact) mass is 168 g/mol. The van der Waals surface area contributed by atoms with Crippen LogP contribution in [0.1, 0.15) is 0 Å².